The Morgan fingerprint density at radius 3 is 2.65 bits per heavy atom. The number of halogens is 1. The van der Waals surface area contributed by atoms with Crippen LogP contribution in [0.2, 0.25) is 5.02 Å². The minimum absolute atomic E-state index is 0.138. The second-order valence-electron chi connectivity index (χ2n) is 4.44. The average molecular weight is 338 g/mol. The lowest BCUT2D eigenvalue weighted by atomic mass is 10.1. The summed E-state index contributed by atoms with van der Waals surface area (Å²) in [5, 5.41) is 9.54. The van der Waals surface area contributed by atoms with Crippen LogP contribution in [0.15, 0.2) is 17.0 Å². The van der Waals surface area contributed by atoms with E-state index in [2.05, 4.69) is 4.72 Å². The van der Waals surface area contributed by atoms with Crippen LogP contribution in [0.25, 0.3) is 0 Å². The molecule has 0 bridgehead atoms. The van der Waals surface area contributed by atoms with E-state index in [1.54, 1.807) is 24.8 Å². The summed E-state index contributed by atoms with van der Waals surface area (Å²) < 4.78 is 27.1. The highest BCUT2D eigenvalue weighted by Gasteiger charge is 2.19. The van der Waals surface area contributed by atoms with E-state index in [1.807, 2.05) is 6.26 Å². The maximum Gasteiger partial charge on any atom is 0.240 e. The van der Waals surface area contributed by atoms with Crippen molar-refractivity contribution in [2.75, 3.05) is 18.6 Å². The van der Waals surface area contributed by atoms with Crippen molar-refractivity contribution in [3.8, 4) is 0 Å². The molecule has 1 aromatic rings. The maximum absolute atomic E-state index is 12.2. The molecule has 0 aliphatic rings. The molecule has 0 saturated heterocycles. The third-order valence-electron chi connectivity index (χ3n) is 2.96. The number of aliphatic hydroxyl groups excluding tert-OH is 1. The lowest BCUT2D eigenvalue weighted by molar-refractivity contribution is 0.280. The number of nitrogens with one attached hydrogen (secondary N) is 1. The first-order valence-electron chi connectivity index (χ1n) is 6.31. The fraction of sp³-hybridized carbons (Fsp3) is 0.538. The summed E-state index contributed by atoms with van der Waals surface area (Å²) in [6.07, 6.45) is 3.79. The van der Waals surface area contributed by atoms with Gasteiger partial charge >= 0.3 is 0 Å². The first kappa shape index (κ1) is 17.8. The predicted molar refractivity (Wildman–Crippen MR) is 84.9 cm³/mol. The van der Waals surface area contributed by atoms with Gasteiger partial charge in [-0.1, -0.05) is 11.6 Å². The number of benzene rings is 1. The van der Waals surface area contributed by atoms with Crippen LogP contribution in [-0.4, -0.2) is 32.1 Å². The summed E-state index contributed by atoms with van der Waals surface area (Å²) >= 11 is 7.65. The summed E-state index contributed by atoms with van der Waals surface area (Å²) in [6, 6.07) is 2.99. The molecule has 4 nitrogen and oxygen atoms in total. The van der Waals surface area contributed by atoms with Crippen LogP contribution in [0.5, 0.6) is 0 Å². The zero-order chi connectivity index (χ0) is 15.2. The molecule has 0 fully saturated rings. The Hall–Kier alpha value is -0.270. The fourth-order valence-electron chi connectivity index (χ4n) is 1.81. The second-order valence-corrected chi connectivity index (χ2v) is 7.60. The van der Waals surface area contributed by atoms with Gasteiger partial charge in [-0.2, -0.15) is 11.8 Å². The largest absolute Gasteiger partial charge is 0.392 e. The lowest BCUT2D eigenvalue weighted by Gasteiger charge is -2.12. The van der Waals surface area contributed by atoms with Crippen LogP contribution in [0.4, 0.5) is 0 Å². The van der Waals surface area contributed by atoms with Gasteiger partial charge in [-0.3, -0.25) is 0 Å². The van der Waals surface area contributed by atoms with Gasteiger partial charge in [0.25, 0.3) is 0 Å². The van der Waals surface area contributed by atoms with E-state index in [0.717, 1.165) is 18.6 Å². The minimum Gasteiger partial charge on any atom is -0.392 e. The number of sulfonamides is 1. The summed E-state index contributed by atoms with van der Waals surface area (Å²) in [5.41, 5.74) is 1.06. The molecule has 0 atom stereocenters. The standard InChI is InChI=1S/C13H20ClNO3S2/c1-10-11(9-16)7-12(14)8-13(10)20(17,18)15-5-3-4-6-19-2/h7-8,15-16H,3-6,9H2,1-2H3. The molecule has 1 aromatic carbocycles. The zero-order valence-electron chi connectivity index (χ0n) is 11.6. The van der Waals surface area contributed by atoms with E-state index < -0.39 is 10.0 Å². The highest BCUT2D eigenvalue weighted by molar-refractivity contribution is 7.98. The van der Waals surface area contributed by atoms with Gasteiger partial charge in [0.15, 0.2) is 0 Å². The maximum atomic E-state index is 12.2. The van der Waals surface area contributed by atoms with Crippen LogP contribution in [0.3, 0.4) is 0 Å². The second kappa shape index (κ2) is 8.24. The topological polar surface area (TPSA) is 66.4 Å². The van der Waals surface area contributed by atoms with E-state index >= 15 is 0 Å². The van der Waals surface area contributed by atoms with Crippen molar-refractivity contribution in [3.63, 3.8) is 0 Å². The Morgan fingerprint density at radius 2 is 2.05 bits per heavy atom. The molecule has 0 aliphatic carbocycles. The molecule has 0 amide bonds. The molecular weight excluding hydrogens is 318 g/mol. The minimum atomic E-state index is -3.59. The summed E-state index contributed by atoms with van der Waals surface area (Å²) in [4.78, 5) is 0.138. The van der Waals surface area contributed by atoms with Crippen molar-refractivity contribution >= 4 is 33.4 Å². The zero-order valence-corrected chi connectivity index (χ0v) is 14.0. The van der Waals surface area contributed by atoms with Crippen molar-refractivity contribution < 1.29 is 13.5 Å². The number of thioether (sulfide) groups is 1. The smallest absolute Gasteiger partial charge is 0.240 e. The van der Waals surface area contributed by atoms with E-state index in [9.17, 15) is 13.5 Å². The molecule has 114 valence electrons. The van der Waals surface area contributed by atoms with Crippen LogP contribution in [-0.2, 0) is 16.6 Å². The fourth-order valence-corrected chi connectivity index (χ4v) is 3.99. The highest BCUT2D eigenvalue weighted by atomic mass is 35.5. The third kappa shape index (κ3) is 4.93. The van der Waals surface area contributed by atoms with Gasteiger partial charge in [0.1, 0.15) is 0 Å². The van der Waals surface area contributed by atoms with Gasteiger partial charge in [-0.25, -0.2) is 13.1 Å². The molecule has 0 aromatic heterocycles. The van der Waals surface area contributed by atoms with Crippen molar-refractivity contribution in [1.82, 2.24) is 4.72 Å². The quantitative estimate of drug-likeness (QED) is 0.715. The van der Waals surface area contributed by atoms with Crippen LogP contribution >= 0.6 is 23.4 Å². The number of rotatable bonds is 8. The Balaban J connectivity index is 2.84. The molecule has 0 spiro atoms. The van der Waals surface area contributed by atoms with Crippen molar-refractivity contribution in [2.24, 2.45) is 0 Å². The number of aliphatic hydroxyl groups is 1. The molecule has 2 N–H and O–H groups in total. The SMILES string of the molecule is CSCCCCNS(=O)(=O)c1cc(Cl)cc(CO)c1C. The van der Waals surface area contributed by atoms with E-state index in [1.165, 1.54) is 6.07 Å². The molecule has 0 saturated carbocycles. The monoisotopic (exact) mass is 337 g/mol. The summed E-state index contributed by atoms with van der Waals surface area (Å²) in [5.74, 6) is 1.02. The van der Waals surface area contributed by atoms with Crippen molar-refractivity contribution in [2.45, 2.75) is 31.3 Å². The predicted octanol–water partition coefficient (Wildman–Crippen LogP) is 2.56. The molecule has 1 rings (SSSR count). The third-order valence-corrected chi connectivity index (χ3v) is 5.46. The Labute approximate surface area is 130 Å². The van der Waals surface area contributed by atoms with Gasteiger partial charge in [-0.15, -0.1) is 0 Å². The van der Waals surface area contributed by atoms with E-state index in [0.29, 0.717) is 22.7 Å². The highest BCUT2D eigenvalue weighted by Crippen LogP contribution is 2.24. The van der Waals surface area contributed by atoms with Gasteiger partial charge < -0.3 is 5.11 Å². The van der Waals surface area contributed by atoms with Crippen LogP contribution < -0.4 is 4.72 Å². The number of unbranched alkanes of at least 4 members (excludes halogenated alkanes) is 1. The molecule has 7 heteroatoms. The molecule has 0 aliphatic heterocycles. The van der Waals surface area contributed by atoms with Crippen molar-refractivity contribution in [3.05, 3.63) is 28.3 Å². The van der Waals surface area contributed by atoms with Gasteiger partial charge in [0.05, 0.1) is 11.5 Å². The Kier molecular flexibility index (Phi) is 7.33. The summed E-state index contributed by atoms with van der Waals surface area (Å²) in [6.45, 7) is 1.84. The molecule has 0 unspecified atom stereocenters. The normalized spacial score (nSPS) is 11.8. The van der Waals surface area contributed by atoms with Gasteiger partial charge in [-0.05, 0) is 55.0 Å². The summed E-state index contributed by atoms with van der Waals surface area (Å²) in [7, 11) is -3.59. The number of hydrogen-bond acceptors (Lipinski definition) is 4. The first-order valence-corrected chi connectivity index (χ1v) is 9.56. The van der Waals surface area contributed by atoms with Gasteiger partial charge in [0.2, 0.25) is 10.0 Å². The lowest BCUT2D eigenvalue weighted by Crippen LogP contribution is -2.26. The van der Waals surface area contributed by atoms with Crippen LogP contribution in [0.1, 0.15) is 24.0 Å². The van der Waals surface area contributed by atoms with Crippen molar-refractivity contribution in [1.29, 1.82) is 0 Å². The average Bonchev–Trinajstić information content (AvgIpc) is 2.40. The van der Waals surface area contributed by atoms with Crippen LogP contribution in [0, 0.1) is 6.92 Å². The first-order chi connectivity index (χ1) is 9.42. The molecule has 20 heavy (non-hydrogen) atoms. The number of hydrogen-bond donors (Lipinski definition) is 2. The Bertz CT molecular complexity index is 547. The van der Waals surface area contributed by atoms with E-state index in [4.69, 9.17) is 11.6 Å². The van der Waals surface area contributed by atoms with Gasteiger partial charge in [0, 0.05) is 11.6 Å². The molecule has 0 heterocycles. The molecule has 0 radical (unpaired) electrons. The Morgan fingerprint density at radius 1 is 1.35 bits per heavy atom. The van der Waals surface area contributed by atoms with E-state index in [-0.39, 0.29) is 11.5 Å². The molecular formula is C13H20ClNO3S2.